The summed E-state index contributed by atoms with van der Waals surface area (Å²) >= 11 is 0. The Morgan fingerprint density at radius 2 is 1.84 bits per heavy atom. The van der Waals surface area contributed by atoms with Gasteiger partial charge in [0.25, 0.3) is 5.91 Å². The van der Waals surface area contributed by atoms with Crippen molar-refractivity contribution in [2.75, 3.05) is 5.32 Å². The standard InChI is InChI=1S/C13H14N2O4/c1-6(16)10-14-11(17)9-7-4-2-3-5-8(7)13(18)19-12(9)15-10/h10,15H,2-5H2,1H3,(H,14,17). The number of amides is 1. The van der Waals surface area contributed by atoms with E-state index in [0.29, 0.717) is 24.0 Å². The second-order valence-corrected chi connectivity index (χ2v) is 4.92. The van der Waals surface area contributed by atoms with Crippen molar-refractivity contribution in [2.45, 2.75) is 38.8 Å². The lowest BCUT2D eigenvalue weighted by Crippen LogP contribution is -2.50. The van der Waals surface area contributed by atoms with E-state index in [1.807, 2.05) is 0 Å². The van der Waals surface area contributed by atoms with Gasteiger partial charge in [0.2, 0.25) is 5.88 Å². The molecule has 0 radical (unpaired) electrons. The lowest BCUT2D eigenvalue weighted by molar-refractivity contribution is -0.118. The first-order valence-electron chi connectivity index (χ1n) is 6.34. The number of nitrogens with one attached hydrogen (secondary N) is 2. The summed E-state index contributed by atoms with van der Waals surface area (Å²) in [7, 11) is 0. The second kappa shape index (κ2) is 4.22. The molecule has 0 spiro atoms. The first-order valence-corrected chi connectivity index (χ1v) is 6.34. The third kappa shape index (κ3) is 1.83. The molecule has 3 rings (SSSR count). The van der Waals surface area contributed by atoms with Crippen molar-refractivity contribution in [3.8, 4) is 0 Å². The Hall–Kier alpha value is -2.11. The van der Waals surface area contributed by atoms with Gasteiger partial charge in [-0.3, -0.25) is 9.59 Å². The molecule has 2 heterocycles. The highest BCUT2D eigenvalue weighted by Crippen LogP contribution is 2.29. The summed E-state index contributed by atoms with van der Waals surface area (Å²) in [6, 6.07) is 0. The van der Waals surface area contributed by atoms with Crippen molar-refractivity contribution in [3.63, 3.8) is 0 Å². The van der Waals surface area contributed by atoms with Gasteiger partial charge in [0.05, 0.1) is 0 Å². The summed E-state index contributed by atoms with van der Waals surface area (Å²) in [5.74, 6) is -0.468. The highest BCUT2D eigenvalue weighted by molar-refractivity contribution is 6.05. The number of ketones is 1. The maximum atomic E-state index is 12.1. The molecule has 2 N–H and O–H groups in total. The van der Waals surface area contributed by atoms with E-state index < -0.39 is 11.8 Å². The van der Waals surface area contributed by atoms with Gasteiger partial charge in [-0.25, -0.2) is 4.79 Å². The van der Waals surface area contributed by atoms with E-state index in [4.69, 9.17) is 4.42 Å². The monoisotopic (exact) mass is 262 g/mol. The molecule has 19 heavy (non-hydrogen) atoms. The minimum absolute atomic E-state index is 0.120. The Labute approximate surface area is 109 Å². The van der Waals surface area contributed by atoms with Crippen LogP contribution in [-0.2, 0) is 17.6 Å². The van der Waals surface area contributed by atoms with E-state index in [1.165, 1.54) is 6.92 Å². The average molecular weight is 262 g/mol. The summed E-state index contributed by atoms with van der Waals surface area (Å²) in [6.07, 6.45) is 2.40. The number of rotatable bonds is 1. The van der Waals surface area contributed by atoms with E-state index >= 15 is 0 Å². The van der Waals surface area contributed by atoms with E-state index in [1.54, 1.807) is 0 Å². The predicted octanol–water partition coefficient (Wildman–Crippen LogP) is 0.589. The molecule has 0 aromatic carbocycles. The Balaban J connectivity index is 2.16. The van der Waals surface area contributed by atoms with Crippen LogP contribution in [0.3, 0.4) is 0 Å². The molecule has 1 aliphatic carbocycles. The van der Waals surface area contributed by atoms with Gasteiger partial charge in [0, 0.05) is 5.56 Å². The first-order chi connectivity index (χ1) is 9.08. The number of anilines is 1. The smallest absolute Gasteiger partial charge is 0.340 e. The van der Waals surface area contributed by atoms with Gasteiger partial charge in [-0.2, -0.15) is 0 Å². The van der Waals surface area contributed by atoms with Crippen molar-refractivity contribution in [3.05, 3.63) is 27.1 Å². The normalized spacial score (nSPS) is 20.9. The van der Waals surface area contributed by atoms with Crippen molar-refractivity contribution < 1.29 is 14.0 Å². The predicted molar refractivity (Wildman–Crippen MR) is 67.2 cm³/mol. The van der Waals surface area contributed by atoms with Crippen LogP contribution in [-0.4, -0.2) is 17.9 Å². The highest BCUT2D eigenvalue weighted by atomic mass is 16.4. The van der Waals surface area contributed by atoms with Crippen LogP contribution in [0.15, 0.2) is 9.21 Å². The van der Waals surface area contributed by atoms with Crippen LogP contribution in [0, 0.1) is 0 Å². The number of Topliss-reactive ketones (excluding diaryl/α,β-unsaturated/α-hetero) is 1. The quantitative estimate of drug-likeness (QED) is 0.773. The molecule has 0 bridgehead atoms. The van der Waals surface area contributed by atoms with Crippen molar-refractivity contribution in [1.82, 2.24) is 5.32 Å². The van der Waals surface area contributed by atoms with Crippen LogP contribution in [0.4, 0.5) is 5.88 Å². The van der Waals surface area contributed by atoms with Crippen LogP contribution < -0.4 is 16.3 Å². The molecule has 0 saturated heterocycles. The molecule has 0 saturated carbocycles. The van der Waals surface area contributed by atoms with Crippen LogP contribution in [0.25, 0.3) is 0 Å². The molecule has 2 aliphatic rings. The Morgan fingerprint density at radius 1 is 1.16 bits per heavy atom. The summed E-state index contributed by atoms with van der Waals surface area (Å²) in [6.45, 7) is 1.36. The van der Waals surface area contributed by atoms with Crippen molar-refractivity contribution in [1.29, 1.82) is 0 Å². The maximum absolute atomic E-state index is 12.1. The molecular weight excluding hydrogens is 248 g/mol. The third-order valence-electron chi connectivity index (χ3n) is 3.62. The number of carbonyl (C=O) groups excluding carboxylic acids is 2. The number of carbonyl (C=O) groups is 2. The fraction of sp³-hybridized carbons (Fsp3) is 0.462. The van der Waals surface area contributed by atoms with E-state index in [-0.39, 0.29) is 17.6 Å². The van der Waals surface area contributed by atoms with Gasteiger partial charge in [-0.15, -0.1) is 0 Å². The first kappa shape index (κ1) is 12.0. The van der Waals surface area contributed by atoms with Crippen LogP contribution in [0.1, 0.15) is 41.3 Å². The van der Waals surface area contributed by atoms with Gasteiger partial charge in [-0.1, -0.05) is 0 Å². The number of hydrogen-bond donors (Lipinski definition) is 2. The zero-order chi connectivity index (χ0) is 13.6. The van der Waals surface area contributed by atoms with Crippen molar-refractivity contribution in [2.24, 2.45) is 0 Å². The topological polar surface area (TPSA) is 88.4 Å². The third-order valence-corrected chi connectivity index (χ3v) is 3.62. The molecule has 1 aromatic rings. The highest BCUT2D eigenvalue weighted by Gasteiger charge is 2.33. The SMILES string of the molecule is CC(=O)C1NC(=O)c2c(oc(=O)c3c2CCCC3)N1. The zero-order valence-electron chi connectivity index (χ0n) is 10.5. The molecule has 0 fully saturated rings. The van der Waals surface area contributed by atoms with E-state index in [0.717, 1.165) is 18.4 Å². The number of hydrogen-bond acceptors (Lipinski definition) is 5. The Morgan fingerprint density at radius 3 is 2.53 bits per heavy atom. The second-order valence-electron chi connectivity index (χ2n) is 4.92. The summed E-state index contributed by atoms with van der Waals surface area (Å²) in [4.78, 5) is 35.3. The van der Waals surface area contributed by atoms with E-state index in [2.05, 4.69) is 10.6 Å². The fourth-order valence-electron chi connectivity index (χ4n) is 2.66. The van der Waals surface area contributed by atoms with Crippen molar-refractivity contribution >= 4 is 17.6 Å². The van der Waals surface area contributed by atoms with Gasteiger partial charge >= 0.3 is 5.63 Å². The lowest BCUT2D eigenvalue weighted by Gasteiger charge is -2.27. The van der Waals surface area contributed by atoms with Gasteiger partial charge in [-0.05, 0) is 38.2 Å². The van der Waals surface area contributed by atoms with Gasteiger partial charge in [0.15, 0.2) is 11.9 Å². The molecule has 100 valence electrons. The molecular formula is C13H14N2O4. The molecule has 1 atom stereocenters. The lowest BCUT2D eigenvalue weighted by atomic mass is 9.89. The molecule has 6 heteroatoms. The summed E-state index contributed by atoms with van der Waals surface area (Å²) in [5.41, 5.74) is 1.34. The maximum Gasteiger partial charge on any atom is 0.340 e. The fourth-order valence-corrected chi connectivity index (χ4v) is 2.66. The summed E-state index contributed by atoms with van der Waals surface area (Å²) in [5, 5.41) is 5.35. The molecule has 1 unspecified atom stereocenters. The molecule has 6 nitrogen and oxygen atoms in total. The van der Waals surface area contributed by atoms with Crippen LogP contribution in [0.2, 0.25) is 0 Å². The minimum atomic E-state index is -0.829. The molecule has 1 amide bonds. The average Bonchev–Trinajstić information content (AvgIpc) is 2.38. The van der Waals surface area contributed by atoms with Crippen LogP contribution >= 0.6 is 0 Å². The minimum Gasteiger partial charge on any atom is -0.406 e. The van der Waals surface area contributed by atoms with Gasteiger partial charge in [0.1, 0.15) is 5.56 Å². The summed E-state index contributed by atoms with van der Waals surface area (Å²) < 4.78 is 5.17. The largest absolute Gasteiger partial charge is 0.406 e. The van der Waals surface area contributed by atoms with Crippen LogP contribution in [0.5, 0.6) is 0 Å². The zero-order valence-corrected chi connectivity index (χ0v) is 10.5. The van der Waals surface area contributed by atoms with E-state index in [9.17, 15) is 14.4 Å². The van der Waals surface area contributed by atoms with Gasteiger partial charge < -0.3 is 15.1 Å². The molecule has 1 aromatic heterocycles. The Bertz CT molecular complexity index is 632. The number of fused-ring (bicyclic) bond motifs is 3. The molecule has 1 aliphatic heterocycles. The Kier molecular flexibility index (Phi) is 2.66.